The van der Waals surface area contributed by atoms with Gasteiger partial charge in [-0.15, -0.1) is 0 Å². The number of amides is 2. The first kappa shape index (κ1) is 13.3. The number of carbonyl (C=O) groups is 3. The van der Waals surface area contributed by atoms with E-state index in [1.54, 1.807) is 6.92 Å². The number of allylic oxidation sites excluding steroid dienone is 2. The molecule has 0 spiro atoms. The van der Waals surface area contributed by atoms with Crippen LogP contribution < -0.4 is 0 Å². The third kappa shape index (κ3) is 1.58. The molecule has 6 unspecified atom stereocenters. The summed E-state index contributed by atoms with van der Waals surface area (Å²) < 4.78 is 0. The van der Waals surface area contributed by atoms with Crippen LogP contribution in [0.25, 0.3) is 0 Å². The molecule has 2 aliphatic carbocycles. The summed E-state index contributed by atoms with van der Waals surface area (Å²) in [5.74, 6) is -2.25. The molecule has 1 saturated carbocycles. The van der Waals surface area contributed by atoms with E-state index in [1.807, 2.05) is 19.1 Å². The second-order valence-corrected chi connectivity index (χ2v) is 6.21. The van der Waals surface area contributed by atoms with Gasteiger partial charge in [-0.2, -0.15) is 0 Å². The standard InChI is InChI=1S/C15H19NO4/c1-3-7(2)12(15(19)20)16-13(17)10-8-4-5-9(6-8)11(10)14(16)18/h4-5,7-12H,3,6H2,1-2H3,(H,19,20). The predicted molar refractivity (Wildman–Crippen MR) is 70.4 cm³/mol. The molecular formula is C15H19NO4. The van der Waals surface area contributed by atoms with E-state index in [0.717, 1.165) is 11.3 Å². The summed E-state index contributed by atoms with van der Waals surface area (Å²) in [6.45, 7) is 3.65. The molecule has 108 valence electrons. The number of rotatable bonds is 4. The largest absolute Gasteiger partial charge is 0.480 e. The van der Waals surface area contributed by atoms with Gasteiger partial charge in [0.25, 0.3) is 0 Å². The molecule has 0 radical (unpaired) electrons. The van der Waals surface area contributed by atoms with Crippen molar-refractivity contribution in [3.63, 3.8) is 0 Å². The number of aliphatic carboxylic acids is 1. The lowest BCUT2D eigenvalue weighted by molar-refractivity contribution is -0.157. The van der Waals surface area contributed by atoms with E-state index in [4.69, 9.17) is 0 Å². The molecule has 20 heavy (non-hydrogen) atoms. The first-order valence-corrected chi connectivity index (χ1v) is 7.25. The fourth-order valence-corrected chi connectivity index (χ4v) is 4.03. The van der Waals surface area contributed by atoms with Crippen LogP contribution >= 0.6 is 0 Å². The van der Waals surface area contributed by atoms with Crippen molar-refractivity contribution in [1.82, 2.24) is 4.90 Å². The van der Waals surface area contributed by atoms with Gasteiger partial charge in [0, 0.05) is 0 Å². The zero-order valence-electron chi connectivity index (χ0n) is 11.7. The predicted octanol–water partition coefficient (Wildman–Crippen LogP) is 1.29. The van der Waals surface area contributed by atoms with E-state index in [0.29, 0.717) is 6.42 Å². The van der Waals surface area contributed by atoms with Crippen LogP contribution in [0.4, 0.5) is 0 Å². The van der Waals surface area contributed by atoms with Crippen molar-refractivity contribution in [2.45, 2.75) is 32.7 Å². The average Bonchev–Trinajstić information content (AvgIpc) is 3.07. The van der Waals surface area contributed by atoms with Crippen LogP contribution in [0.15, 0.2) is 12.2 Å². The molecule has 5 nitrogen and oxygen atoms in total. The summed E-state index contributed by atoms with van der Waals surface area (Å²) in [6.07, 6.45) is 5.51. The molecular weight excluding hydrogens is 258 g/mol. The summed E-state index contributed by atoms with van der Waals surface area (Å²) in [6, 6.07) is -1.02. The SMILES string of the molecule is CCC(C)C(C(=O)O)N1C(=O)C2C3C=CC(C3)C2C1=O. The van der Waals surface area contributed by atoms with Crippen LogP contribution in [0.5, 0.6) is 0 Å². The number of fused-ring (bicyclic) bond motifs is 5. The molecule has 1 saturated heterocycles. The maximum absolute atomic E-state index is 12.6. The Kier molecular flexibility index (Phi) is 2.96. The van der Waals surface area contributed by atoms with Crippen LogP contribution in [0.3, 0.4) is 0 Å². The van der Waals surface area contributed by atoms with E-state index < -0.39 is 12.0 Å². The number of imide groups is 1. The monoisotopic (exact) mass is 277 g/mol. The number of hydrogen-bond acceptors (Lipinski definition) is 3. The first-order chi connectivity index (χ1) is 9.47. The summed E-state index contributed by atoms with van der Waals surface area (Å²) in [7, 11) is 0. The Balaban J connectivity index is 1.94. The highest BCUT2D eigenvalue weighted by Gasteiger charge is 2.61. The number of carboxylic acid groups (broad SMARTS) is 1. The maximum atomic E-state index is 12.6. The highest BCUT2D eigenvalue weighted by molar-refractivity contribution is 6.08. The third-order valence-electron chi connectivity index (χ3n) is 5.22. The molecule has 1 aliphatic heterocycles. The van der Waals surface area contributed by atoms with Gasteiger partial charge in [0.15, 0.2) is 0 Å². The lowest BCUT2D eigenvalue weighted by atomic mass is 9.85. The lowest BCUT2D eigenvalue weighted by Crippen LogP contribution is -2.49. The second kappa shape index (κ2) is 4.43. The van der Waals surface area contributed by atoms with Gasteiger partial charge >= 0.3 is 5.97 Å². The topological polar surface area (TPSA) is 74.7 Å². The Morgan fingerprint density at radius 3 is 2.20 bits per heavy atom. The lowest BCUT2D eigenvalue weighted by Gasteiger charge is -2.28. The van der Waals surface area contributed by atoms with E-state index >= 15 is 0 Å². The minimum absolute atomic E-state index is 0.123. The fraction of sp³-hybridized carbons (Fsp3) is 0.667. The fourth-order valence-electron chi connectivity index (χ4n) is 4.03. The molecule has 5 heteroatoms. The highest BCUT2D eigenvalue weighted by Crippen LogP contribution is 2.53. The van der Waals surface area contributed by atoms with Crippen LogP contribution in [0, 0.1) is 29.6 Å². The summed E-state index contributed by atoms with van der Waals surface area (Å²) in [5, 5.41) is 9.42. The maximum Gasteiger partial charge on any atom is 0.327 e. The van der Waals surface area contributed by atoms with Gasteiger partial charge < -0.3 is 5.11 Å². The highest BCUT2D eigenvalue weighted by atomic mass is 16.4. The van der Waals surface area contributed by atoms with Crippen molar-refractivity contribution in [3.8, 4) is 0 Å². The Morgan fingerprint density at radius 1 is 1.30 bits per heavy atom. The molecule has 1 heterocycles. The van der Waals surface area contributed by atoms with Crippen molar-refractivity contribution in [3.05, 3.63) is 12.2 Å². The van der Waals surface area contributed by atoms with Crippen molar-refractivity contribution >= 4 is 17.8 Å². The van der Waals surface area contributed by atoms with Crippen molar-refractivity contribution in [2.24, 2.45) is 29.6 Å². The molecule has 0 aromatic carbocycles. The van der Waals surface area contributed by atoms with Gasteiger partial charge in [-0.3, -0.25) is 14.5 Å². The minimum Gasteiger partial charge on any atom is -0.480 e. The van der Waals surface area contributed by atoms with E-state index in [1.165, 1.54) is 0 Å². The van der Waals surface area contributed by atoms with Gasteiger partial charge in [0.1, 0.15) is 6.04 Å². The third-order valence-corrected chi connectivity index (χ3v) is 5.22. The first-order valence-electron chi connectivity index (χ1n) is 7.25. The normalized spacial score (nSPS) is 37.4. The molecule has 6 atom stereocenters. The Hall–Kier alpha value is -1.65. The Labute approximate surface area is 117 Å². The van der Waals surface area contributed by atoms with Crippen LogP contribution in [-0.2, 0) is 14.4 Å². The van der Waals surface area contributed by atoms with Gasteiger partial charge in [0.2, 0.25) is 11.8 Å². The van der Waals surface area contributed by atoms with Crippen molar-refractivity contribution < 1.29 is 19.5 Å². The van der Waals surface area contributed by atoms with Crippen molar-refractivity contribution in [2.75, 3.05) is 0 Å². The van der Waals surface area contributed by atoms with E-state index in [-0.39, 0.29) is 41.4 Å². The van der Waals surface area contributed by atoms with Crippen LogP contribution in [0.1, 0.15) is 26.7 Å². The Morgan fingerprint density at radius 2 is 1.80 bits per heavy atom. The van der Waals surface area contributed by atoms with Crippen molar-refractivity contribution in [1.29, 1.82) is 0 Å². The van der Waals surface area contributed by atoms with E-state index in [2.05, 4.69) is 0 Å². The average molecular weight is 277 g/mol. The Bertz CT molecular complexity index is 482. The molecule has 3 aliphatic rings. The summed E-state index contributed by atoms with van der Waals surface area (Å²) in [4.78, 5) is 37.7. The zero-order chi connectivity index (χ0) is 14.6. The minimum atomic E-state index is -1.08. The molecule has 2 bridgehead atoms. The molecule has 1 N–H and O–H groups in total. The van der Waals surface area contributed by atoms with Crippen LogP contribution in [-0.4, -0.2) is 33.8 Å². The van der Waals surface area contributed by atoms with Gasteiger partial charge in [0.05, 0.1) is 11.8 Å². The summed E-state index contributed by atoms with van der Waals surface area (Å²) in [5.41, 5.74) is 0. The molecule has 0 aromatic rings. The molecule has 0 aromatic heterocycles. The molecule has 3 rings (SSSR count). The smallest absolute Gasteiger partial charge is 0.327 e. The number of carboxylic acids is 1. The van der Waals surface area contributed by atoms with Crippen LogP contribution in [0.2, 0.25) is 0 Å². The zero-order valence-corrected chi connectivity index (χ0v) is 11.7. The number of nitrogens with zero attached hydrogens (tertiary/aromatic N) is 1. The van der Waals surface area contributed by atoms with Gasteiger partial charge in [-0.1, -0.05) is 32.4 Å². The summed E-state index contributed by atoms with van der Waals surface area (Å²) >= 11 is 0. The van der Waals surface area contributed by atoms with Gasteiger partial charge in [-0.25, -0.2) is 4.79 Å². The second-order valence-electron chi connectivity index (χ2n) is 6.21. The molecule has 2 amide bonds. The van der Waals surface area contributed by atoms with Gasteiger partial charge in [-0.05, 0) is 24.2 Å². The number of carbonyl (C=O) groups excluding carboxylic acids is 2. The molecule has 2 fully saturated rings. The quantitative estimate of drug-likeness (QED) is 0.620. The number of likely N-dealkylation sites (tertiary alicyclic amines) is 1. The number of hydrogen-bond donors (Lipinski definition) is 1. The van der Waals surface area contributed by atoms with E-state index in [9.17, 15) is 19.5 Å².